The molecule has 0 bridgehead atoms. The Morgan fingerprint density at radius 2 is 1.63 bits per heavy atom. The summed E-state index contributed by atoms with van der Waals surface area (Å²) < 4.78 is 26.0. The van der Waals surface area contributed by atoms with E-state index in [1.54, 1.807) is 18.2 Å². The van der Waals surface area contributed by atoms with Crippen LogP contribution in [0.4, 0.5) is 14.5 Å². The smallest absolute Gasteiger partial charge is 0.123 e. The molecule has 0 N–H and O–H groups in total. The molecule has 0 atom stereocenters. The van der Waals surface area contributed by atoms with Gasteiger partial charge in [0.25, 0.3) is 0 Å². The van der Waals surface area contributed by atoms with Gasteiger partial charge in [0.1, 0.15) is 11.6 Å². The van der Waals surface area contributed by atoms with E-state index in [1.807, 2.05) is 11.9 Å². The number of alkyl halides is 1. The van der Waals surface area contributed by atoms with E-state index in [0.717, 1.165) is 16.8 Å². The number of nitrogens with zero attached hydrogens (tertiary/aromatic N) is 1. The molecule has 0 aliphatic rings. The molecule has 0 amide bonds. The molecular weight excluding hydrogens is 268 g/mol. The minimum atomic E-state index is -0.297. The average molecular weight is 282 g/mol. The van der Waals surface area contributed by atoms with Gasteiger partial charge in [-0.2, -0.15) is 0 Å². The van der Waals surface area contributed by atoms with Gasteiger partial charge < -0.3 is 4.90 Å². The molecule has 0 saturated carbocycles. The Hall–Kier alpha value is -1.61. The fourth-order valence-corrected chi connectivity index (χ4v) is 2.20. The van der Waals surface area contributed by atoms with Gasteiger partial charge in [-0.3, -0.25) is 0 Å². The highest BCUT2D eigenvalue weighted by molar-refractivity contribution is 6.17. The molecule has 4 heteroatoms. The van der Waals surface area contributed by atoms with Crippen LogP contribution >= 0.6 is 11.6 Å². The van der Waals surface area contributed by atoms with Crippen LogP contribution in [-0.4, -0.2) is 7.05 Å². The SMILES string of the molecule is CN(Cc1ccc(F)cc1)c1ccc(F)cc1CCl. The molecule has 0 spiro atoms. The van der Waals surface area contributed by atoms with Crippen molar-refractivity contribution in [2.24, 2.45) is 0 Å². The van der Waals surface area contributed by atoms with Crippen molar-refractivity contribution in [3.8, 4) is 0 Å². The van der Waals surface area contributed by atoms with Crippen LogP contribution in [0.25, 0.3) is 0 Å². The van der Waals surface area contributed by atoms with Crippen LogP contribution in [0.5, 0.6) is 0 Å². The lowest BCUT2D eigenvalue weighted by molar-refractivity contribution is 0.625. The van der Waals surface area contributed by atoms with Crippen LogP contribution in [-0.2, 0) is 12.4 Å². The Kier molecular flexibility index (Phi) is 4.38. The minimum absolute atomic E-state index is 0.251. The quantitative estimate of drug-likeness (QED) is 0.754. The van der Waals surface area contributed by atoms with Crippen molar-refractivity contribution < 1.29 is 8.78 Å². The van der Waals surface area contributed by atoms with Crippen molar-refractivity contribution in [2.45, 2.75) is 12.4 Å². The second-order valence-corrected chi connectivity index (χ2v) is 4.66. The van der Waals surface area contributed by atoms with Crippen LogP contribution in [0.1, 0.15) is 11.1 Å². The van der Waals surface area contributed by atoms with E-state index in [-0.39, 0.29) is 17.5 Å². The molecule has 0 heterocycles. The Balaban J connectivity index is 2.19. The Labute approximate surface area is 116 Å². The third-order valence-electron chi connectivity index (χ3n) is 2.93. The first-order valence-electron chi connectivity index (χ1n) is 5.90. The predicted molar refractivity (Wildman–Crippen MR) is 74.5 cm³/mol. The van der Waals surface area contributed by atoms with Crippen LogP contribution < -0.4 is 4.90 Å². The van der Waals surface area contributed by atoms with Gasteiger partial charge in [-0.05, 0) is 41.5 Å². The Morgan fingerprint density at radius 1 is 1.00 bits per heavy atom. The monoisotopic (exact) mass is 281 g/mol. The molecule has 2 aromatic rings. The maximum absolute atomic E-state index is 13.2. The van der Waals surface area contributed by atoms with Crippen molar-refractivity contribution in [2.75, 3.05) is 11.9 Å². The zero-order chi connectivity index (χ0) is 13.8. The summed E-state index contributed by atoms with van der Waals surface area (Å²) in [6.45, 7) is 0.607. The summed E-state index contributed by atoms with van der Waals surface area (Å²) in [7, 11) is 1.90. The molecule has 100 valence electrons. The van der Waals surface area contributed by atoms with Crippen LogP contribution in [0.2, 0.25) is 0 Å². The number of anilines is 1. The summed E-state index contributed by atoms with van der Waals surface area (Å²) in [5, 5.41) is 0. The van der Waals surface area contributed by atoms with Crippen LogP contribution in [0, 0.1) is 11.6 Å². The lowest BCUT2D eigenvalue weighted by Crippen LogP contribution is -2.17. The van der Waals surface area contributed by atoms with Gasteiger partial charge >= 0.3 is 0 Å². The molecule has 1 nitrogen and oxygen atoms in total. The fourth-order valence-electron chi connectivity index (χ4n) is 1.98. The summed E-state index contributed by atoms with van der Waals surface area (Å²) in [6.07, 6.45) is 0. The lowest BCUT2D eigenvalue weighted by atomic mass is 10.1. The van der Waals surface area contributed by atoms with Crippen LogP contribution in [0.3, 0.4) is 0 Å². The molecule has 19 heavy (non-hydrogen) atoms. The highest BCUT2D eigenvalue weighted by Gasteiger charge is 2.08. The van der Waals surface area contributed by atoms with Crippen molar-refractivity contribution in [1.29, 1.82) is 0 Å². The lowest BCUT2D eigenvalue weighted by Gasteiger charge is -2.22. The molecular formula is C15H14ClF2N. The van der Waals surface area contributed by atoms with Gasteiger partial charge in [0.2, 0.25) is 0 Å². The van der Waals surface area contributed by atoms with Gasteiger partial charge in [-0.15, -0.1) is 11.6 Å². The molecule has 0 aliphatic carbocycles. The predicted octanol–water partition coefficient (Wildman–Crippen LogP) is 4.34. The zero-order valence-electron chi connectivity index (χ0n) is 10.5. The minimum Gasteiger partial charge on any atom is -0.370 e. The molecule has 0 radical (unpaired) electrons. The zero-order valence-corrected chi connectivity index (χ0v) is 11.3. The summed E-state index contributed by atoms with van der Waals surface area (Å²) in [5.74, 6) is -0.301. The summed E-state index contributed by atoms with van der Waals surface area (Å²) >= 11 is 5.83. The van der Waals surface area contributed by atoms with E-state index < -0.39 is 0 Å². The van der Waals surface area contributed by atoms with Crippen molar-refractivity contribution in [3.05, 3.63) is 65.2 Å². The van der Waals surface area contributed by atoms with Gasteiger partial charge in [0.15, 0.2) is 0 Å². The van der Waals surface area contributed by atoms with Gasteiger partial charge in [-0.1, -0.05) is 12.1 Å². The molecule has 0 unspecified atom stereocenters. The first-order valence-corrected chi connectivity index (χ1v) is 6.43. The maximum atomic E-state index is 13.2. The topological polar surface area (TPSA) is 3.24 Å². The highest BCUT2D eigenvalue weighted by Crippen LogP contribution is 2.23. The van der Waals surface area contributed by atoms with Crippen LogP contribution in [0.15, 0.2) is 42.5 Å². The number of benzene rings is 2. The summed E-state index contributed by atoms with van der Waals surface area (Å²) in [4.78, 5) is 1.96. The number of rotatable bonds is 4. The van der Waals surface area contributed by atoms with Gasteiger partial charge in [-0.25, -0.2) is 8.78 Å². The normalized spacial score (nSPS) is 10.5. The molecule has 2 rings (SSSR count). The van der Waals surface area contributed by atoms with E-state index in [0.29, 0.717) is 6.54 Å². The van der Waals surface area contributed by atoms with Crippen molar-refractivity contribution in [3.63, 3.8) is 0 Å². The standard InChI is InChI=1S/C15H14ClF2N/c1-19(10-11-2-4-13(17)5-3-11)15-7-6-14(18)8-12(15)9-16/h2-8H,9-10H2,1H3. The molecule has 0 fully saturated rings. The van der Waals surface area contributed by atoms with E-state index >= 15 is 0 Å². The van der Waals surface area contributed by atoms with E-state index in [4.69, 9.17) is 11.6 Å². The number of hydrogen-bond acceptors (Lipinski definition) is 1. The molecule has 0 saturated heterocycles. The van der Waals surface area contributed by atoms with E-state index in [9.17, 15) is 8.78 Å². The highest BCUT2D eigenvalue weighted by atomic mass is 35.5. The second kappa shape index (κ2) is 6.02. The largest absolute Gasteiger partial charge is 0.370 e. The summed E-state index contributed by atoms with van der Waals surface area (Å²) in [6, 6.07) is 10.9. The third-order valence-corrected chi connectivity index (χ3v) is 3.22. The van der Waals surface area contributed by atoms with Gasteiger partial charge in [0.05, 0.1) is 0 Å². The summed E-state index contributed by atoms with van der Waals surface area (Å²) in [5.41, 5.74) is 2.60. The second-order valence-electron chi connectivity index (χ2n) is 4.39. The van der Waals surface area contributed by atoms with Gasteiger partial charge in [0, 0.05) is 25.2 Å². The Morgan fingerprint density at radius 3 is 2.26 bits per heavy atom. The molecule has 0 aromatic heterocycles. The Bertz CT molecular complexity index is 555. The number of halogens is 3. The molecule has 0 aliphatic heterocycles. The molecule has 2 aromatic carbocycles. The maximum Gasteiger partial charge on any atom is 0.123 e. The fraction of sp³-hybridized carbons (Fsp3) is 0.200. The van der Waals surface area contributed by atoms with E-state index in [1.165, 1.54) is 24.3 Å². The van der Waals surface area contributed by atoms with Crippen molar-refractivity contribution >= 4 is 17.3 Å². The number of hydrogen-bond donors (Lipinski definition) is 0. The first-order chi connectivity index (χ1) is 9.10. The van der Waals surface area contributed by atoms with E-state index in [2.05, 4.69) is 0 Å². The third kappa shape index (κ3) is 3.44. The average Bonchev–Trinajstić information content (AvgIpc) is 2.41. The van der Waals surface area contributed by atoms with Crippen molar-refractivity contribution in [1.82, 2.24) is 0 Å². The first kappa shape index (κ1) is 13.8.